The zero-order valence-electron chi connectivity index (χ0n) is 35.0. The SMILES string of the molecule is c1ccc([Si](c2ccccc2)(c2ccccc2)c2cccc(-n3c4ccccc4c4ccc(-n5c6ccccc6c6ccc(-n7c8ccccc8c8ccccc87)cc65)cc43)c2)cc1. The normalized spacial score (nSPS) is 12.1. The van der Waals surface area contributed by atoms with Crippen LogP contribution in [0.25, 0.3) is 82.5 Å². The van der Waals surface area contributed by atoms with Gasteiger partial charge in [-0.2, -0.15) is 0 Å². The van der Waals surface area contributed by atoms with E-state index in [4.69, 9.17) is 0 Å². The Morgan fingerprint density at radius 3 is 0.891 bits per heavy atom. The molecule has 0 radical (unpaired) electrons. The van der Waals surface area contributed by atoms with Crippen LogP contribution in [-0.2, 0) is 0 Å². The first-order chi connectivity index (χ1) is 31.8. The molecule has 64 heavy (non-hydrogen) atoms. The van der Waals surface area contributed by atoms with E-state index in [0.717, 1.165) is 17.1 Å². The van der Waals surface area contributed by atoms with Gasteiger partial charge in [-0.25, -0.2) is 0 Å². The standard InChI is InChI=1S/C60H41N3Si/c1-4-20-45(21-5-1)64(46-22-6-2-7-23-46,47-24-8-3-9-25-47)48-26-18-19-42(39-48)62-57-33-16-12-29-51(57)53-38-36-44(41-59(53)62)63-58-34-17-13-30-52(58)54-37-35-43(40-60(54)63)61-55-31-14-10-27-49(55)50-28-11-15-32-56(50)61/h1-41H. The maximum absolute atomic E-state index is 2.78. The van der Waals surface area contributed by atoms with Crippen molar-refractivity contribution in [1.82, 2.24) is 13.7 Å². The number of benzene rings is 10. The van der Waals surface area contributed by atoms with E-state index >= 15 is 0 Å². The van der Waals surface area contributed by atoms with Crippen molar-refractivity contribution in [3.8, 4) is 17.1 Å². The second-order valence-corrected chi connectivity index (χ2v) is 20.7. The molecule has 0 amide bonds. The van der Waals surface area contributed by atoms with Gasteiger partial charge in [-0.15, -0.1) is 0 Å². The molecule has 10 aromatic carbocycles. The second-order valence-electron chi connectivity index (χ2n) is 16.9. The summed E-state index contributed by atoms with van der Waals surface area (Å²) >= 11 is 0. The molecule has 0 saturated carbocycles. The van der Waals surface area contributed by atoms with Gasteiger partial charge in [0.25, 0.3) is 0 Å². The van der Waals surface area contributed by atoms with E-state index < -0.39 is 8.07 Å². The number of nitrogens with zero attached hydrogens (tertiary/aromatic N) is 3. The summed E-state index contributed by atoms with van der Waals surface area (Å²) in [5.74, 6) is 0. The summed E-state index contributed by atoms with van der Waals surface area (Å²) in [7, 11) is -2.78. The average Bonchev–Trinajstić information content (AvgIpc) is 4.00. The van der Waals surface area contributed by atoms with Gasteiger partial charge < -0.3 is 13.7 Å². The molecule has 0 bridgehead atoms. The van der Waals surface area contributed by atoms with Crippen LogP contribution in [-0.4, -0.2) is 21.8 Å². The van der Waals surface area contributed by atoms with Gasteiger partial charge in [0.15, 0.2) is 8.07 Å². The van der Waals surface area contributed by atoms with E-state index in [0.29, 0.717) is 0 Å². The van der Waals surface area contributed by atoms with Gasteiger partial charge in [-0.1, -0.05) is 188 Å². The highest BCUT2D eigenvalue weighted by Gasteiger charge is 2.41. The van der Waals surface area contributed by atoms with Crippen LogP contribution in [0.5, 0.6) is 0 Å². The molecule has 0 N–H and O–H groups in total. The third kappa shape index (κ3) is 5.33. The van der Waals surface area contributed by atoms with Crippen molar-refractivity contribution >= 4 is 94.2 Å². The van der Waals surface area contributed by atoms with Crippen LogP contribution in [0.15, 0.2) is 249 Å². The van der Waals surface area contributed by atoms with Crippen molar-refractivity contribution in [3.63, 3.8) is 0 Å². The first-order valence-electron chi connectivity index (χ1n) is 22.1. The molecule has 13 rings (SSSR count). The van der Waals surface area contributed by atoms with Crippen molar-refractivity contribution in [2.45, 2.75) is 0 Å². The van der Waals surface area contributed by atoms with E-state index in [1.807, 2.05) is 0 Å². The number of aromatic nitrogens is 3. The summed E-state index contributed by atoms with van der Waals surface area (Å²) in [6, 6.07) is 92.3. The van der Waals surface area contributed by atoms with E-state index in [1.165, 1.54) is 86.2 Å². The number of rotatable bonds is 7. The molecule has 3 nitrogen and oxygen atoms in total. The van der Waals surface area contributed by atoms with Gasteiger partial charge in [0.2, 0.25) is 0 Å². The molecule has 0 aliphatic carbocycles. The largest absolute Gasteiger partial charge is 0.309 e. The van der Waals surface area contributed by atoms with E-state index in [-0.39, 0.29) is 0 Å². The number of para-hydroxylation sites is 4. The van der Waals surface area contributed by atoms with Crippen molar-refractivity contribution in [2.75, 3.05) is 0 Å². The highest BCUT2D eigenvalue weighted by molar-refractivity contribution is 7.19. The summed E-state index contributed by atoms with van der Waals surface area (Å²) < 4.78 is 7.39. The summed E-state index contributed by atoms with van der Waals surface area (Å²) in [6.07, 6.45) is 0. The zero-order chi connectivity index (χ0) is 42.2. The number of fused-ring (bicyclic) bond motifs is 9. The minimum absolute atomic E-state index is 1.12. The fourth-order valence-corrected chi connectivity index (χ4v) is 15.7. The molecular weight excluding hydrogens is 791 g/mol. The summed E-state index contributed by atoms with van der Waals surface area (Å²) in [5, 5.41) is 12.9. The average molecular weight is 832 g/mol. The molecule has 0 saturated heterocycles. The Morgan fingerprint density at radius 2 is 0.500 bits per heavy atom. The molecule has 0 spiro atoms. The first-order valence-corrected chi connectivity index (χ1v) is 24.1. The predicted octanol–water partition coefficient (Wildman–Crippen LogP) is 12.4. The molecule has 0 atom stereocenters. The Labute approximate surface area is 372 Å². The van der Waals surface area contributed by atoms with Crippen LogP contribution in [0.1, 0.15) is 0 Å². The molecule has 0 unspecified atom stereocenters. The highest BCUT2D eigenvalue weighted by atomic mass is 28.3. The van der Waals surface area contributed by atoms with Crippen molar-refractivity contribution in [3.05, 3.63) is 249 Å². The topological polar surface area (TPSA) is 14.8 Å². The van der Waals surface area contributed by atoms with Crippen LogP contribution in [0.3, 0.4) is 0 Å². The van der Waals surface area contributed by atoms with Crippen LogP contribution in [0.4, 0.5) is 0 Å². The molecule has 0 fully saturated rings. The minimum atomic E-state index is -2.78. The summed E-state index contributed by atoms with van der Waals surface area (Å²) in [4.78, 5) is 0. The number of hydrogen-bond acceptors (Lipinski definition) is 0. The predicted molar refractivity (Wildman–Crippen MR) is 273 cm³/mol. The fourth-order valence-electron chi connectivity index (χ4n) is 10.9. The molecule has 3 aromatic heterocycles. The van der Waals surface area contributed by atoms with E-state index in [9.17, 15) is 0 Å². The lowest BCUT2D eigenvalue weighted by molar-refractivity contribution is 1.15. The first kappa shape index (κ1) is 36.5. The van der Waals surface area contributed by atoms with Crippen LogP contribution >= 0.6 is 0 Å². The van der Waals surface area contributed by atoms with E-state index in [2.05, 4.69) is 262 Å². The summed E-state index contributed by atoms with van der Waals surface area (Å²) in [5.41, 5.74) is 10.6. The highest BCUT2D eigenvalue weighted by Crippen LogP contribution is 2.39. The van der Waals surface area contributed by atoms with Gasteiger partial charge in [0.1, 0.15) is 0 Å². The molecule has 300 valence electrons. The van der Waals surface area contributed by atoms with Gasteiger partial charge in [0, 0.05) is 49.4 Å². The fraction of sp³-hybridized carbons (Fsp3) is 0. The van der Waals surface area contributed by atoms with Gasteiger partial charge >= 0.3 is 0 Å². The van der Waals surface area contributed by atoms with Crippen LogP contribution < -0.4 is 20.7 Å². The summed E-state index contributed by atoms with van der Waals surface area (Å²) in [6.45, 7) is 0. The maximum Gasteiger partial charge on any atom is 0.179 e. The molecule has 4 heteroatoms. The van der Waals surface area contributed by atoms with Crippen LogP contribution in [0.2, 0.25) is 0 Å². The van der Waals surface area contributed by atoms with Crippen molar-refractivity contribution in [1.29, 1.82) is 0 Å². The third-order valence-corrected chi connectivity index (χ3v) is 18.3. The molecule has 3 heterocycles. The van der Waals surface area contributed by atoms with Gasteiger partial charge in [-0.3, -0.25) is 0 Å². The molecular formula is C60H41N3Si. The molecule has 0 aliphatic heterocycles. The minimum Gasteiger partial charge on any atom is -0.309 e. The van der Waals surface area contributed by atoms with Gasteiger partial charge in [-0.05, 0) is 81.4 Å². The maximum atomic E-state index is 2.50. The smallest absolute Gasteiger partial charge is 0.179 e. The molecule has 0 aliphatic rings. The lowest BCUT2D eigenvalue weighted by Crippen LogP contribution is -2.74. The Hall–Kier alpha value is -8.18. The lowest BCUT2D eigenvalue weighted by atomic mass is 10.1. The quantitative estimate of drug-likeness (QED) is 0.112. The second kappa shape index (κ2) is 14.5. The zero-order valence-corrected chi connectivity index (χ0v) is 36.0. The number of hydrogen-bond donors (Lipinski definition) is 0. The Morgan fingerprint density at radius 1 is 0.203 bits per heavy atom. The van der Waals surface area contributed by atoms with E-state index in [1.54, 1.807) is 0 Å². The Balaban J connectivity index is 1.06. The lowest BCUT2D eigenvalue weighted by Gasteiger charge is -2.34. The molecule has 13 aromatic rings. The van der Waals surface area contributed by atoms with Gasteiger partial charge in [0.05, 0.1) is 33.1 Å². The monoisotopic (exact) mass is 831 g/mol. The third-order valence-electron chi connectivity index (χ3n) is 13.6. The van der Waals surface area contributed by atoms with Crippen molar-refractivity contribution < 1.29 is 0 Å². The Bertz CT molecular complexity index is 3750. The van der Waals surface area contributed by atoms with Crippen molar-refractivity contribution in [2.24, 2.45) is 0 Å². The Kier molecular flexibility index (Phi) is 8.23. The van der Waals surface area contributed by atoms with Crippen LogP contribution in [0, 0.1) is 0 Å².